The van der Waals surface area contributed by atoms with Crippen LogP contribution in [0.2, 0.25) is 0 Å². The molecule has 20 heavy (non-hydrogen) atoms. The van der Waals surface area contributed by atoms with E-state index in [4.69, 9.17) is 15.2 Å². The normalized spacial score (nSPS) is 27.3. The van der Waals surface area contributed by atoms with Crippen molar-refractivity contribution in [3.8, 4) is 5.75 Å². The van der Waals surface area contributed by atoms with Gasteiger partial charge < -0.3 is 20.5 Å². The van der Waals surface area contributed by atoms with Gasteiger partial charge in [0.15, 0.2) is 0 Å². The molecule has 1 saturated heterocycles. The van der Waals surface area contributed by atoms with Crippen LogP contribution in [0.4, 0.5) is 5.69 Å². The Morgan fingerprint density at radius 1 is 1.20 bits per heavy atom. The van der Waals surface area contributed by atoms with Crippen molar-refractivity contribution in [3.05, 3.63) is 24.3 Å². The molecule has 1 fully saturated rings. The Morgan fingerprint density at radius 2 is 1.80 bits per heavy atom. The molecule has 1 aliphatic heterocycles. The fourth-order valence-corrected chi connectivity index (χ4v) is 3.28. The first kappa shape index (κ1) is 15.1. The predicted molar refractivity (Wildman–Crippen MR) is 82.3 cm³/mol. The second-order valence-corrected chi connectivity index (χ2v) is 6.69. The summed E-state index contributed by atoms with van der Waals surface area (Å²) < 4.78 is 11.4. The van der Waals surface area contributed by atoms with Gasteiger partial charge in [0, 0.05) is 18.7 Å². The number of hydrogen-bond donors (Lipinski definition) is 2. The zero-order valence-corrected chi connectivity index (χ0v) is 13.1. The fraction of sp³-hybridized carbons (Fsp3) is 0.625. The van der Waals surface area contributed by atoms with Gasteiger partial charge in [-0.1, -0.05) is 0 Å². The Kier molecular flexibility index (Phi) is 3.73. The van der Waals surface area contributed by atoms with Gasteiger partial charge in [0.2, 0.25) is 0 Å². The lowest BCUT2D eigenvalue weighted by Gasteiger charge is -2.40. The van der Waals surface area contributed by atoms with Gasteiger partial charge >= 0.3 is 0 Å². The van der Waals surface area contributed by atoms with Gasteiger partial charge in [-0.25, -0.2) is 0 Å². The molecule has 2 rings (SSSR count). The summed E-state index contributed by atoms with van der Waals surface area (Å²) in [5.41, 5.74) is 6.36. The first-order chi connectivity index (χ1) is 9.24. The summed E-state index contributed by atoms with van der Waals surface area (Å²) >= 11 is 0. The van der Waals surface area contributed by atoms with Crippen molar-refractivity contribution in [2.45, 2.75) is 50.9 Å². The molecule has 1 aromatic rings. The van der Waals surface area contributed by atoms with E-state index in [1.165, 1.54) is 0 Å². The van der Waals surface area contributed by atoms with Crippen LogP contribution in [-0.2, 0) is 4.74 Å². The van der Waals surface area contributed by atoms with Crippen LogP contribution < -0.4 is 15.8 Å². The summed E-state index contributed by atoms with van der Waals surface area (Å²) in [4.78, 5) is 0. The van der Waals surface area contributed by atoms with E-state index in [9.17, 15) is 0 Å². The van der Waals surface area contributed by atoms with Crippen molar-refractivity contribution in [2.24, 2.45) is 5.73 Å². The van der Waals surface area contributed by atoms with E-state index in [0.29, 0.717) is 6.54 Å². The number of hydrogen-bond acceptors (Lipinski definition) is 4. The van der Waals surface area contributed by atoms with Crippen molar-refractivity contribution < 1.29 is 9.47 Å². The molecule has 1 aromatic carbocycles. The minimum Gasteiger partial charge on any atom is -0.497 e. The third-order valence-electron chi connectivity index (χ3n) is 4.23. The Morgan fingerprint density at radius 3 is 2.20 bits per heavy atom. The van der Waals surface area contributed by atoms with Crippen molar-refractivity contribution in [1.82, 2.24) is 0 Å². The van der Waals surface area contributed by atoms with Crippen LogP contribution in [0.25, 0.3) is 0 Å². The van der Waals surface area contributed by atoms with Crippen molar-refractivity contribution in [1.29, 1.82) is 0 Å². The highest BCUT2D eigenvalue weighted by atomic mass is 16.5. The van der Waals surface area contributed by atoms with E-state index in [0.717, 1.165) is 17.9 Å². The van der Waals surface area contributed by atoms with Gasteiger partial charge in [0.1, 0.15) is 5.75 Å². The average molecular weight is 278 g/mol. The second kappa shape index (κ2) is 4.93. The maximum Gasteiger partial charge on any atom is 0.119 e. The highest BCUT2D eigenvalue weighted by molar-refractivity contribution is 5.50. The topological polar surface area (TPSA) is 56.5 Å². The Labute approximate surface area is 121 Å². The molecule has 0 aliphatic carbocycles. The van der Waals surface area contributed by atoms with Crippen molar-refractivity contribution in [3.63, 3.8) is 0 Å². The average Bonchev–Trinajstić information content (AvgIpc) is 2.55. The molecular formula is C16H26N2O2. The van der Waals surface area contributed by atoms with Crippen molar-refractivity contribution >= 4 is 5.69 Å². The molecule has 0 spiro atoms. The zero-order valence-electron chi connectivity index (χ0n) is 13.1. The number of methoxy groups -OCH3 is 1. The monoisotopic (exact) mass is 278 g/mol. The molecule has 0 amide bonds. The van der Waals surface area contributed by atoms with Crippen molar-refractivity contribution in [2.75, 3.05) is 19.0 Å². The molecule has 0 saturated carbocycles. The molecule has 112 valence electrons. The van der Waals surface area contributed by atoms with Crippen LogP contribution in [0.15, 0.2) is 24.3 Å². The molecule has 3 N–H and O–H groups in total. The molecule has 4 nitrogen and oxygen atoms in total. The van der Waals surface area contributed by atoms with E-state index in [1.807, 2.05) is 24.3 Å². The van der Waals surface area contributed by atoms with Gasteiger partial charge in [-0.2, -0.15) is 0 Å². The Hall–Kier alpha value is -1.26. The fourth-order valence-electron chi connectivity index (χ4n) is 3.28. The van der Waals surface area contributed by atoms with E-state index in [-0.39, 0.29) is 16.7 Å². The summed E-state index contributed by atoms with van der Waals surface area (Å²) in [6.07, 6.45) is 0.871. The SMILES string of the molecule is COc1ccc(NC2(CN)CC(C)(C)OC2(C)C)cc1. The minimum atomic E-state index is -0.328. The van der Waals surface area contributed by atoms with Gasteiger partial charge in [-0.3, -0.25) is 0 Å². The summed E-state index contributed by atoms with van der Waals surface area (Å²) in [6.45, 7) is 8.95. The molecule has 4 heteroatoms. The summed E-state index contributed by atoms with van der Waals surface area (Å²) in [7, 11) is 1.67. The van der Waals surface area contributed by atoms with Gasteiger partial charge in [-0.15, -0.1) is 0 Å². The first-order valence-electron chi connectivity index (χ1n) is 7.06. The molecule has 0 bridgehead atoms. The quantitative estimate of drug-likeness (QED) is 0.889. The lowest BCUT2D eigenvalue weighted by atomic mass is 9.78. The highest BCUT2D eigenvalue weighted by Gasteiger charge is 2.56. The maximum atomic E-state index is 6.19. The number of anilines is 1. The van der Waals surface area contributed by atoms with Gasteiger partial charge in [0.25, 0.3) is 0 Å². The van der Waals surface area contributed by atoms with Crippen LogP contribution in [0, 0.1) is 0 Å². The second-order valence-electron chi connectivity index (χ2n) is 6.69. The number of nitrogens with one attached hydrogen (secondary N) is 1. The number of rotatable bonds is 4. The van der Waals surface area contributed by atoms with Crippen LogP contribution in [0.3, 0.4) is 0 Å². The molecule has 0 radical (unpaired) electrons. The van der Waals surface area contributed by atoms with Gasteiger partial charge in [-0.05, 0) is 52.0 Å². The van der Waals surface area contributed by atoms with E-state index in [1.54, 1.807) is 7.11 Å². The molecule has 1 aliphatic rings. The smallest absolute Gasteiger partial charge is 0.119 e. The number of ether oxygens (including phenoxy) is 2. The largest absolute Gasteiger partial charge is 0.497 e. The highest BCUT2D eigenvalue weighted by Crippen LogP contribution is 2.46. The molecule has 1 unspecified atom stereocenters. The molecule has 0 aromatic heterocycles. The standard InChI is InChI=1S/C16H26N2O2/c1-14(2)10-16(11-17,15(3,4)20-14)18-12-6-8-13(19-5)9-7-12/h6-9,18H,10-11,17H2,1-5H3. The maximum absolute atomic E-state index is 6.19. The van der Waals surface area contributed by atoms with Crippen LogP contribution >= 0.6 is 0 Å². The lowest BCUT2D eigenvalue weighted by Crippen LogP contribution is -2.57. The summed E-state index contributed by atoms with van der Waals surface area (Å²) in [5, 5.41) is 3.60. The zero-order chi connectivity index (χ0) is 15.0. The molecule has 1 atom stereocenters. The number of benzene rings is 1. The third-order valence-corrected chi connectivity index (χ3v) is 4.23. The third kappa shape index (κ3) is 2.63. The summed E-state index contributed by atoms with van der Waals surface area (Å²) in [6, 6.07) is 7.91. The van der Waals surface area contributed by atoms with Crippen LogP contribution in [-0.4, -0.2) is 30.4 Å². The van der Waals surface area contributed by atoms with Gasteiger partial charge in [0.05, 0.1) is 23.9 Å². The van der Waals surface area contributed by atoms with Crippen LogP contribution in [0.5, 0.6) is 5.75 Å². The molecular weight excluding hydrogens is 252 g/mol. The lowest BCUT2D eigenvalue weighted by molar-refractivity contribution is -0.0753. The van der Waals surface area contributed by atoms with E-state index in [2.05, 4.69) is 33.0 Å². The molecule has 1 heterocycles. The first-order valence-corrected chi connectivity index (χ1v) is 7.06. The van der Waals surface area contributed by atoms with Crippen LogP contribution in [0.1, 0.15) is 34.1 Å². The predicted octanol–water partition coefficient (Wildman–Crippen LogP) is 2.78. The number of nitrogens with two attached hydrogens (primary N) is 1. The Balaban J connectivity index is 2.27. The Bertz CT molecular complexity index is 468. The minimum absolute atomic E-state index is 0.178. The summed E-state index contributed by atoms with van der Waals surface area (Å²) in [5.74, 6) is 0.847. The van der Waals surface area contributed by atoms with E-state index < -0.39 is 0 Å². The van der Waals surface area contributed by atoms with E-state index >= 15 is 0 Å².